The first-order valence-corrected chi connectivity index (χ1v) is 6.20. The highest BCUT2D eigenvalue weighted by Gasteiger charge is 2.07. The van der Waals surface area contributed by atoms with Crippen LogP contribution in [0.1, 0.15) is 0 Å². The third kappa shape index (κ3) is 5.02. The van der Waals surface area contributed by atoms with Crippen molar-refractivity contribution in [1.82, 2.24) is 4.90 Å². The molecule has 0 radical (unpaired) electrons. The van der Waals surface area contributed by atoms with Crippen molar-refractivity contribution in [2.45, 2.75) is 0 Å². The van der Waals surface area contributed by atoms with E-state index in [1.54, 1.807) is 6.08 Å². The molecule has 76 valence electrons. The molecule has 0 bridgehead atoms. The fraction of sp³-hybridized carbons (Fsp3) is 0.750. The predicted octanol–water partition coefficient (Wildman–Crippen LogP) is -0.123. The highest BCUT2D eigenvalue weighted by Crippen LogP contribution is 1.96. The second kappa shape index (κ2) is 4.74. The Morgan fingerprint density at radius 2 is 2.00 bits per heavy atom. The van der Waals surface area contributed by atoms with Crippen LogP contribution in [0.5, 0.6) is 0 Å². The Bertz CT molecular complexity index is 265. The van der Waals surface area contributed by atoms with Gasteiger partial charge in [0.05, 0.1) is 13.2 Å². The van der Waals surface area contributed by atoms with Crippen LogP contribution in [-0.4, -0.2) is 52.4 Å². The topological polar surface area (TPSA) is 46.6 Å². The molecule has 1 aliphatic rings. The Kier molecular flexibility index (Phi) is 3.90. The maximum atomic E-state index is 10.7. The molecule has 5 heteroatoms. The van der Waals surface area contributed by atoms with Gasteiger partial charge in [-0.1, -0.05) is 6.08 Å². The van der Waals surface area contributed by atoms with Gasteiger partial charge in [0.1, 0.15) is 0 Å². The van der Waals surface area contributed by atoms with Gasteiger partial charge in [-0.15, -0.1) is 0 Å². The number of nitrogens with zero attached hydrogens (tertiary/aromatic N) is 1. The van der Waals surface area contributed by atoms with E-state index < -0.39 is 9.84 Å². The van der Waals surface area contributed by atoms with Crippen LogP contribution < -0.4 is 0 Å². The van der Waals surface area contributed by atoms with Crippen molar-refractivity contribution in [3.63, 3.8) is 0 Å². The average molecular weight is 205 g/mol. The van der Waals surface area contributed by atoms with Gasteiger partial charge in [0.15, 0.2) is 9.84 Å². The summed E-state index contributed by atoms with van der Waals surface area (Å²) < 4.78 is 26.6. The zero-order valence-electron chi connectivity index (χ0n) is 7.77. The van der Waals surface area contributed by atoms with Gasteiger partial charge >= 0.3 is 0 Å². The summed E-state index contributed by atoms with van der Waals surface area (Å²) >= 11 is 0. The lowest BCUT2D eigenvalue weighted by molar-refractivity contribution is 0.0434. The molecule has 0 unspecified atom stereocenters. The quantitative estimate of drug-likeness (QED) is 0.644. The van der Waals surface area contributed by atoms with Crippen LogP contribution in [0.25, 0.3) is 0 Å². The minimum Gasteiger partial charge on any atom is -0.379 e. The minimum absolute atomic E-state index is 0.691. The van der Waals surface area contributed by atoms with Crippen LogP contribution >= 0.6 is 0 Å². The summed E-state index contributed by atoms with van der Waals surface area (Å²) in [5.41, 5.74) is 0. The molecule has 1 heterocycles. The van der Waals surface area contributed by atoms with Gasteiger partial charge in [0.2, 0.25) is 0 Å². The zero-order chi connectivity index (χ0) is 9.73. The van der Waals surface area contributed by atoms with E-state index in [9.17, 15) is 8.42 Å². The maximum Gasteiger partial charge on any atom is 0.168 e. The van der Waals surface area contributed by atoms with Crippen LogP contribution in [0.3, 0.4) is 0 Å². The molecule has 1 fully saturated rings. The normalized spacial score (nSPS) is 21.0. The minimum atomic E-state index is -2.96. The van der Waals surface area contributed by atoms with Crippen molar-refractivity contribution in [2.75, 3.05) is 39.1 Å². The highest BCUT2D eigenvalue weighted by atomic mass is 32.2. The van der Waals surface area contributed by atoms with Crippen LogP contribution in [0.4, 0.5) is 0 Å². The fourth-order valence-corrected chi connectivity index (χ4v) is 1.59. The first-order valence-electron chi connectivity index (χ1n) is 4.24. The van der Waals surface area contributed by atoms with E-state index in [0.717, 1.165) is 26.3 Å². The summed E-state index contributed by atoms with van der Waals surface area (Å²) in [6.45, 7) is 3.94. The molecular formula is C8H15NO3S. The molecular weight excluding hydrogens is 190 g/mol. The number of sulfone groups is 1. The summed E-state index contributed by atoms with van der Waals surface area (Å²) in [5, 5.41) is 1.25. The molecule has 0 saturated carbocycles. The average Bonchev–Trinajstić information content (AvgIpc) is 2.04. The molecule has 0 N–H and O–H groups in total. The van der Waals surface area contributed by atoms with Crippen molar-refractivity contribution in [3.8, 4) is 0 Å². The Morgan fingerprint density at radius 3 is 2.54 bits per heavy atom. The van der Waals surface area contributed by atoms with Gasteiger partial charge in [-0.05, 0) is 0 Å². The standard InChI is InChI=1S/C8H15NO3S/c1-13(10,11)8-2-3-9-4-6-12-7-5-9/h2,8H,3-7H2,1H3/b8-2+. The molecule has 0 atom stereocenters. The van der Waals surface area contributed by atoms with E-state index in [-0.39, 0.29) is 0 Å². The summed E-state index contributed by atoms with van der Waals surface area (Å²) in [6, 6.07) is 0. The Labute approximate surface area is 79.1 Å². The van der Waals surface area contributed by atoms with E-state index in [1.807, 2.05) is 0 Å². The third-order valence-electron chi connectivity index (χ3n) is 1.81. The van der Waals surface area contributed by atoms with Crippen molar-refractivity contribution in [1.29, 1.82) is 0 Å². The number of rotatable bonds is 3. The number of morpholine rings is 1. The molecule has 4 nitrogen and oxygen atoms in total. The lowest BCUT2D eigenvalue weighted by Crippen LogP contribution is -2.36. The van der Waals surface area contributed by atoms with Gasteiger partial charge < -0.3 is 4.74 Å². The lowest BCUT2D eigenvalue weighted by Gasteiger charge is -2.24. The van der Waals surface area contributed by atoms with Crippen molar-refractivity contribution < 1.29 is 13.2 Å². The summed E-state index contributed by atoms with van der Waals surface area (Å²) in [6.07, 6.45) is 2.88. The molecule has 1 saturated heterocycles. The first kappa shape index (κ1) is 10.7. The molecule has 0 aromatic carbocycles. The Hall–Kier alpha value is -0.390. The van der Waals surface area contributed by atoms with E-state index in [2.05, 4.69) is 4.90 Å². The second-order valence-corrected chi connectivity index (χ2v) is 5.05. The predicted molar refractivity (Wildman–Crippen MR) is 51.2 cm³/mol. The molecule has 0 spiro atoms. The molecule has 0 aromatic heterocycles. The second-order valence-electron chi connectivity index (χ2n) is 3.11. The van der Waals surface area contributed by atoms with Crippen molar-refractivity contribution >= 4 is 9.84 Å². The number of hydrogen-bond donors (Lipinski definition) is 0. The molecule has 0 amide bonds. The van der Waals surface area contributed by atoms with E-state index in [0.29, 0.717) is 6.54 Å². The van der Waals surface area contributed by atoms with Gasteiger partial charge in [-0.25, -0.2) is 8.42 Å². The lowest BCUT2D eigenvalue weighted by atomic mass is 10.4. The largest absolute Gasteiger partial charge is 0.379 e. The SMILES string of the molecule is CS(=O)(=O)/C=C/CN1CCOCC1. The number of ether oxygens (including phenoxy) is 1. The van der Waals surface area contributed by atoms with Crippen LogP contribution in [0.15, 0.2) is 11.5 Å². The smallest absolute Gasteiger partial charge is 0.168 e. The highest BCUT2D eigenvalue weighted by molar-refractivity contribution is 7.93. The van der Waals surface area contributed by atoms with Gasteiger partial charge in [-0.2, -0.15) is 0 Å². The molecule has 0 aromatic rings. The van der Waals surface area contributed by atoms with E-state index in [4.69, 9.17) is 4.74 Å². The molecule has 1 aliphatic heterocycles. The van der Waals surface area contributed by atoms with E-state index in [1.165, 1.54) is 11.7 Å². The Morgan fingerprint density at radius 1 is 1.38 bits per heavy atom. The van der Waals surface area contributed by atoms with Gasteiger partial charge in [-0.3, -0.25) is 4.90 Å². The molecule has 1 rings (SSSR count). The van der Waals surface area contributed by atoms with Gasteiger partial charge in [0, 0.05) is 31.3 Å². The summed E-state index contributed by atoms with van der Waals surface area (Å²) in [5.74, 6) is 0. The Balaban J connectivity index is 2.29. The van der Waals surface area contributed by atoms with Crippen LogP contribution in [0.2, 0.25) is 0 Å². The maximum absolute atomic E-state index is 10.7. The number of hydrogen-bond acceptors (Lipinski definition) is 4. The van der Waals surface area contributed by atoms with Crippen LogP contribution in [-0.2, 0) is 14.6 Å². The first-order chi connectivity index (χ1) is 6.08. The van der Waals surface area contributed by atoms with Crippen molar-refractivity contribution in [3.05, 3.63) is 11.5 Å². The third-order valence-corrected chi connectivity index (χ3v) is 2.50. The zero-order valence-corrected chi connectivity index (χ0v) is 8.59. The van der Waals surface area contributed by atoms with E-state index >= 15 is 0 Å². The summed E-state index contributed by atoms with van der Waals surface area (Å²) in [4.78, 5) is 2.16. The molecule has 0 aliphatic carbocycles. The molecule has 13 heavy (non-hydrogen) atoms. The van der Waals surface area contributed by atoms with Crippen LogP contribution in [0, 0.1) is 0 Å². The monoisotopic (exact) mass is 205 g/mol. The summed E-state index contributed by atoms with van der Waals surface area (Å²) in [7, 11) is -2.96. The van der Waals surface area contributed by atoms with Crippen molar-refractivity contribution in [2.24, 2.45) is 0 Å². The fourth-order valence-electron chi connectivity index (χ4n) is 1.15. The van der Waals surface area contributed by atoms with Gasteiger partial charge in [0.25, 0.3) is 0 Å².